The van der Waals surface area contributed by atoms with Crippen LogP contribution in [0.4, 0.5) is 0 Å². The van der Waals surface area contributed by atoms with Crippen LogP contribution in [-0.4, -0.2) is 46.3 Å². The van der Waals surface area contributed by atoms with Crippen LogP contribution in [0.25, 0.3) is 0 Å². The molecular formula is C18H26N4OS. The smallest absolute Gasteiger partial charge is 0.234 e. The van der Waals surface area contributed by atoms with Crippen molar-refractivity contribution in [1.82, 2.24) is 20.0 Å². The third-order valence-corrected chi connectivity index (χ3v) is 5.54. The Kier molecular flexibility index (Phi) is 5.68. The van der Waals surface area contributed by atoms with Crippen molar-refractivity contribution in [2.45, 2.75) is 45.7 Å². The van der Waals surface area contributed by atoms with E-state index in [1.54, 1.807) is 11.3 Å². The fourth-order valence-corrected chi connectivity index (χ4v) is 4.10. The number of hydrogen-bond donors (Lipinski definition) is 1. The van der Waals surface area contributed by atoms with Crippen LogP contribution in [0.2, 0.25) is 0 Å². The van der Waals surface area contributed by atoms with Gasteiger partial charge in [0.25, 0.3) is 0 Å². The Bertz CT molecular complexity index is 665. The van der Waals surface area contributed by atoms with Gasteiger partial charge < -0.3 is 5.32 Å². The first-order valence-electron chi connectivity index (χ1n) is 8.66. The van der Waals surface area contributed by atoms with Crippen LogP contribution < -0.4 is 5.32 Å². The number of aromatic nitrogens is 2. The van der Waals surface area contributed by atoms with Gasteiger partial charge in [0.15, 0.2) is 0 Å². The number of likely N-dealkylation sites (tertiary alicyclic amines) is 1. The summed E-state index contributed by atoms with van der Waals surface area (Å²) in [6, 6.07) is 6.68. The number of nitrogens with one attached hydrogen (secondary N) is 1. The number of rotatable bonds is 7. The molecule has 0 aliphatic carbocycles. The Morgan fingerprint density at radius 3 is 3.04 bits per heavy atom. The molecule has 2 aromatic heterocycles. The number of hydrogen-bond acceptors (Lipinski definition) is 4. The molecule has 1 fully saturated rings. The molecule has 0 aromatic carbocycles. The summed E-state index contributed by atoms with van der Waals surface area (Å²) < 4.78 is 2.08. The van der Waals surface area contributed by atoms with Crippen LogP contribution in [-0.2, 0) is 17.8 Å². The minimum atomic E-state index is 0.131. The second-order valence-electron chi connectivity index (χ2n) is 6.56. The van der Waals surface area contributed by atoms with Crippen molar-refractivity contribution in [2.24, 2.45) is 0 Å². The van der Waals surface area contributed by atoms with E-state index in [2.05, 4.69) is 50.5 Å². The lowest BCUT2D eigenvalue weighted by Gasteiger charge is -2.24. The van der Waals surface area contributed by atoms with Gasteiger partial charge in [0.05, 0.1) is 18.8 Å². The van der Waals surface area contributed by atoms with Crippen LogP contribution in [0.5, 0.6) is 0 Å². The average molecular weight is 346 g/mol. The molecule has 1 amide bonds. The molecule has 2 aromatic rings. The van der Waals surface area contributed by atoms with Crippen molar-refractivity contribution in [2.75, 3.05) is 19.6 Å². The maximum atomic E-state index is 12.2. The molecule has 1 aliphatic rings. The topological polar surface area (TPSA) is 50.2 Å². The molecule has 0 saturated carbocycles. The Hall–Kier alpha value is -1.66. The predicted molar refractivity (Wildman–Crippen MR) is 97.3 cm³/mol. The SMILES string of the molecule is Cc1cc(C)n(CC2CCCN2CC(=O)NCCc2cccs2)n1. The molecule has 0 radical (unpaired) electrons. The molecule has 1 saturated heterocycles. The second-order valence-corrected chi connectivity index (χ2v) is 7.59. The quantitative estimate of drug-likeness (QED) is 0.837. The first kappa shape index (κ1) is 17.2. The Morgan fingerprint density at radius 1 is 1.46 bits per heavy atom. The van der Waals surface area contributed by atoms with Gasteiger partial charge in [-0.05, 0) is 57.2 Å². The van der Waals surface area contributed by atoms with Gasteiger partial charge in [-0.2, -0.15) is 5.10 Å². The first-order chi connectivity index (χ1) is 11.6. The van der Waals surface area contributed by atoms with Gasteiger partial charge >= 0.3 is 0 Å². The molecule has 3 heterocycles. The standard InChI is InChI=1S/C18H26N4OS/c1-14-11-15(2)22(20-14)12-16-5-3-9-21(16)13-18(23)19-8-7-17-6-4-10-24-17/h4,6,10-11,16H,3,5,7-9,12-13H2,1-2H3,(H,19,23). The van der Waals surface area contributed by atoms with Crippen molar-refractivity contribution in [3.05, 3.63) is 39.8 Å². The third kappa shape index (κ3) is 4.45. The van der Waals surface area contributed by atoms with Gasteiger partial charge in [-0.3, -0.25) is 14.4 Å². The molecule has 1 unspecified atom stereocenters. The van der Waals surface area contributed by atoms with E-state index in [-0.39, 0.29) is 5.91 Å². The minimum Gasteiger partial charge on any atom is -0.355 e. The fourth-order valence-electron chi connectivity index (χ4n) is 3.39. The Labute approximate surface area is 147 Å². The highest BCUT2D eigenvalue weighted by Gasteiger charge is 2.27. The number of thiophene rings is 1. The molecule has 5 nitrogen and oxygen atoms in total. The Balaban J connectivity index is 1.46. The molecule has 1 N–H and O–H groups in total. The van der Waals surface area contributed by atoms with Crippen molar-refractivity contribution >= 4 is 17.2 Å². The largest absolute Gasteiger partial charge is 0.355 e. The molecule has 3 rings (SSSR count). The van der Waals surface area contributed by atoms with Crippen LogP contribution in [0.3, 0.4) is 0 Å². The highest BCUT2D eigenvalue weighted by molar-refractivity contribution is 7.09. The molecule has 6 heteroatoms. The summed E-state index contributed by atoms with van der Waals surface area (Å²) in [5.41, 5.74) is 2.25. The number of carbonyl (C=O) groups excluding carboxylic acids is 1. The summed E-state index contributed by atoms with van der Waals surface area (Å²) in [6.07, 6.45) is 3.21. The molecule has 0 bridgehead atoms. The summed E-state index contributed by atoms with van der Waals surface area (Å²) in [4.78, 5) is 15.8. The molecule has 1 aliphatic heterocycles. The summed E-state index contributed by atoms with van der Waals surface area (Å²) in [5.74, 6) is 0.131. The number of aryl methyl sites for hydroxylation is 2. The van der Waals surface area contributed by atoms with Gasteiger partial charge in [-0.25, -0.2) is 0 Å². The second kappa shape index (κ2) is 7.94. The lowest BCUT2D eigenvalue weighted by molar-refractivity contribution is -0.122. The first-order valence-corrected chi connectivity index (χ1v) is 9.54. The van der Waals surface area contributed by atoms with Gasteiger partial charge in [0.1, 0.15) is 0 Å². The van der Waals surface area contributed by atoms with Gasteiger partial charge in [0, 0.05) is 23.2 Å². The number of amides is 1. The normalized spacial score (nSPS) is 18.2. The Morgan fingerprint density at radius 2 is 2.33 bits per heavy atom. The highest BCUT2D eigenvalue weighted by atomic mass is 32.1. The van der Waals surface area contributed by atoms with Gasteiger partial charge in [0.2, 0.25) is 5.91 Å². The van der Waals surface area contributed by atoms with Gasteiger partial charge in [-0.15, -0.1) is 11.3 Å². The number of nitrogens with zero attached hydrogens (tertiary/aromatic N) is 3. The highest BCUT2D eigenvalue weighted by Crippen LogP contribution is 2.19. The molecule has 0 spiro atoms. The van der Waals surface area contributed by atoms with E-state index in [1.165, 1.54) is 10.6 Å². The van der Waals surface area contributed by atoms with Crippen molar-refractivity contribution in [3.8, 4) is 0 Å². The molecule has 1 atom stereocenters. The van der Waals surface area contributed by atoms with E-state index in [4.69, 9.17) is 0 Å². The van der Waals surface area contributed by atoms with E-state index in [9.17, 15) is 4.79 Å². The summed E-state index contributed by atoms with van der Waals surface area (Å²) >= 11 is 1.74. The van der Waals surface area contributed by atoms with E-state index in [0.717, 1.165) is 44.6 Å². The van der Waals surface area contributed by atoms with Crippen molar-refractivity contribution < 1.29 is 4.79 Å². The maximum Gasteiger partial charge on any atom is 0.234 e. The number of carbonyl (C=O) groups is 1. The molecular weight excluding hydrogens is 320 g/mol. The maximum absolute atomic E-state index is 12.2. The summed E-state index contributed by atoms with van der Waals surface area (Å²) in [6.45, 7) is 7.21. The molecule has 24 heavy (non-hydrogen) atoms. The van der Waals surface area contributed by atoms with Crippen LogP contribution in [0, 0.1) is 13.8 Å². The van der Waals surface area contributed by atoms with Crippen LogP contribution in [0.1, 0.15) is 29.1 Å². The third-order valence-electron chi connectivity index (χ3n) is 4.61. The zero-order valence-corrected chi connectivity index (χ0v) is 15.3. The lowest BCUT2D eigenvalue weighted by atomic mass is 10.2. The van der Waals surface area contributed by atoms with E-state index >= 15 is 0 Å². The summed E-state index contributed by atoms with van der Waals surface area (Å²) in [7, 11) is 0. The zero-order valence-electron chi connectivity index (χ0n) is 14.5. The van der Waals surface area contributed by atoms with Crippen molar-refractivity contribution in [3.63, 3.8) is 0 Å². The predicted octanol–water partition coefficient (Wildman–Crippen LogP) is 2.38. The van der Waals surface area contributed by atoms with Crippen LogP contribution >= 0.6 is 11.3 Å². The zero-order chi connectivity index (χ0) is 16.9. The molecule has 130 valence electrons. The lowest BCUT2D eigenvalue weighted by Crippen LogP contribution is -2.42. The van der Waals surface area contributed by atoms with E-state index < -0.39 is 0 Å². The van der Waals surface area contributed by atoms with E-state index in [0.29, 0.717) is 12.6 Å². The fraction of sp³-hybridized carbons (Fsp3) is 0.556. The van der Waals surface area contributed by atoms with Gasteiger partial charge in [-0.1, -0.05) is 6.07 Å². The van der Waals surface area contributed by atoms with Crippen molar-refractivity contribution in [1.29, 1.82) is 0 Å². The average Bonchev–Trinajstić information content (AvgIpc) is 3.24. The van der Waals surface area contributed by atoms with E-state index in [1.807, 2.05) is 6.92 Å². The van der Waals surface area contributed by atoms with Crippen LogP contribution in [0.15, 0.2) is 23.6 Å². The summed E-state index contributed by atoms with van der Waals surface area (Å²) in [5, 5.41) is 9.68. The minimum absolute atomic E-state index is 0.131. The monoisotopic (exact) mass is 346 g/mol.